The van der Waals surface area contributed by atoms with E-state index in [4.69, 9.17) is 16.7 Å². The van der Waals surface area contributed by atoms with Crippen molar-refractivity contribution < 1.29 is 0 Å². The third-order valence-corrected chi connectivity index (χ3v) is 1.96. The summed E-state index contributed by atoms with van der Waals surface area (Å²) in [6.45, 7) is 0.263. The van der Waals surface area contributed by atoms with Gasteiger partial charge in [-0.15, -0.1) is 0 Å². The average molecular weight is 217 g/mol. The molecule has 0 atom stereocenters. The Labute approximate surface area is 73.7 Å². The standard InChI is InChI=1S/C6H9BrN4/c1-11-5(3-9)6(7)4(10)2-8/h3,9-10H2,1H3/b6-4+,11-5?. The fraction of sp³-hybridized carbons (Fsp3) is 0.333. The molecule has 0 aromatic heterocycles. The summed E-state index contributed by atoms with van der Waals surface area (Å²) in [5.41, 5.74) is 11.3. The molecule has 0 heterocycles. The van der Waals surface area contributed by atoms with Crippen LogP contribution in [-0.4, -0.2) is 19.3 Å². The Kier molecular flexibility index (Phi) is 4.50. The Hall–Kier alpha value is -0.860. The lowest BCUT2D eigenvalue weighted by Gasteiger charge is -2.00. The first-order valence-corrected chi connectivity index (χ1v) is 3.68. The van der Waals surface area contributed by atoms with Gasteiger partial charge in [0.05, 0.1) is 10.2 Å². The van der Waals surface area contributed by atoms with E-state index in [-0.39, 0.29) is 12.2 Å². The third-order valence-electron chi connectivity index (χ3n) is 1.07. The van der Waals surface area contributed by atoms with E-state index in [2.05, 4.69) is 20.9 Å². The molecular formula is C6H9BrN4. The van der Waals surface area contributed by atoms with Gasteiger partial charge in [-0.05, 0) is 15.9 Å². The van der Waals surface area contributed by atoms with Crippen LogP contribution in [0.15, 0.2) is 15.2 Å². The van der Waals surface area contributed by atoms with Crippen LogP contribution in [0.2, 0.25) is 0 Å². The Morgan fingerprint density at radius 1 is 1.73 bits per heavy atom. The molecule has 0 radical (unpaired) electrons. The summed E-state index contributed by atoms with van der Waals surface area (Å²) in [5, 5.41) is 8.39. The second kappa shape index (κ2) is 4.88. The number of aliphatic imine (C=N–C) groups is 1. The molecule has 0 bridgehead atoms. The van der Waals surface area contributed by atoms with Gasteiger partial charge in [0.25, 0.3) is 0 Å². The van der Waals surface area contributed by atoms with E-state index in [1.54, 1.807) is 13.1 Å². The molecule has 0 aliphatic heterocycles. The highest BCUT2D eigenvalue weighted by Crippen LogP contribution is 2.09. The molecule has 4 nitrogen and oxygen atoms in total. The van der Waals surface area contributed by atoms with E-state index in [9.17, 15) is 0 Å². The van der Waals surface area contributed by atoms with E-state index in [1.807, 2.05) is 0 Å². The van der Waals surface area contributed by atoms with Crippen LogP contribution in [0, 0.1) is 11.3 Å². The molecule has 0 aliphatic carbocycles. The molecule has 0 rings (SSSR count). The largest absolute Gasteiger partial charge is 0.389 e. The topological polar surface area (TPSA) is 88.2 Å². The van der Waals surface area contributed by atoms with Gasteiger partial charge < -0.3 is 11.5 Å². The quantitative estimate of drug-likeness (QED) is 0.508. The Morgan fingerprint density at radius 3 is 2.55 bits per heavy atom. The summed E-state index contributed by atoms with van der Waals surface area (Å²) in [4.78, 5) is 3.83. The van der Waals surface area contributed by atoms with Crippen molar-refractivity contribution in [1.82, 2.24) is 0 Å². The number of rotatable bonds is 2. The maximum absolute atomic E-state index is 8.39. The molecule has 11 heavy (non-hydrogen) atoms. The summed E-state index contributed by atoms with van der Waals surface area (Å²) in [5.74, 6) is 0. The van der Waals surface area contributed by atoms with Gasteiger partial charge in [0.2, 0.25) is 0 Å². The maximum atomic E-state index is 8.39. The minimum Gasteiger partial charge on any atom is -0.389 e. The van der Waals surface area contributed by atoms with Crippen LogP contribution in [0.25, 0.3) is 0 Å². The van der Waals surface area contributed by atoms with E-state index in [0.717, 1.165) is 0 Å². The zero-order valence-electron chi connectivity index (χ0n) is 6.13. The molecule has 0 aromatic carbocycles. The molecule has 0 saturated heterocycles. The van der Waals surface area contributed by atoms with Crippen LogP contribution < -0.4 is 11.5 Å². The molecule has 0 spiro atoms. The Bertz CT molecular complexity index is 235. The van der Waals surface area contributed by atoms with Gasteiger partial charge in [-0.3, -0.25) is 4.99 Å². The van der Waals surface area contributed by atoms with Crippen LogP contribution in [-0.2, 0) is 0 Å². The van der Waals surface area contributed by atoms with Gasteiger partial charge in [0.1, 0.15) is 11.8 Å². The van der Waals surface area contributed by atoms with Crippen LogP contribution in [0.3, 0.4) is 0 Å². The number of hydrogen-bond donors (Lipinski definition) is 2. The van der Waals surface area contributed by atoms with Crippen molar-refractivity contribution in [1.29, 1.82) is 5.26 Å². The summed E-state index contributed by atoms with van der Waals surface area (Å²) >= 11 is 3.11. The highest BCUT2D eigenvalue weighted by molar-refractivity contribution is 9.12. The summed E-state index contributed by atoms with van der Waals surface area (Å²) < 4.78 is 0.477. The van der Waals surface area contributed by atoms with Crippen LogP contribution in [0.4, 0.5) is 0 Å². The van der Waals surface area contributed by atoms with Crippen molar-refractivity contribution in [2.24, 2.45) is 16.5 Å². The van der Waals surface area contributed by atoms with E-state index < -0.39 is 0 Å². The summed E-state index contributed by atoms with van der Waals surface area (Å²) in [6.07, 6.45) is 0. The predicted molar refractivity (Wildman–Crippen MR) is 48.2 cm³/mol. The van der Waals surface area contributed by atoms with E-state index >= 15 is 0 Å². The second-order valence-electron chi connectivity index (χ2n) is 1.71. The molecule has 0 aromatic rings. The highest BCUT2D eigenvalue weighted by Gasteiger charge is 2.04. The zero-order valence-corrected chi connectivity index (χ0v) is 7.72. The Morgan fingerprint density at radius 2 is 2.27 bits per heavy atom. The SMILES string of the molecule is CN=C(CN)/C(Br)=C(\N)C#N. The highest BCUT2D eigenvalue weighted by atomic mass is 79.9. The van der Waals surface area contributed by atoms with Crippen LogP contribution in [0.5, 0.6) is 0 Å². The molecule has 5 heteroatoms. The fourth-order valence-corrected chi connectivity index (χ4v) is 0.911. The lowest BCUT2D eigenvalue weighted by Crippen LogP contribution is -2.16. The lowest BCUT2D eigenvalue weighted by molar-refractivity contribution is 1.26. The predicted octanol–water partition coefficient (Wildman–Crippen LogP) is 0.105. The van der Waals surface area contributed by atoms with Gasteiger partial charge in [0, 0.05) is 13.6 Å². The minimum atomic E-state index is 0.0936. The maximum Gasteiger partial charge on any atom is 0.127 e. The first kappa shape index (κ1) is 10.1. The van der Waals surface area contributed by atoms with E-state index in [1.165, 1.54) is 0 Å². The normalized spacial score (nSPS) is 13.8. The minimum absolute atomic E-state index is 0.0936. The van der Waals surface area contributed by atoms with Crippen molar-refractivity contribution >= 4 is 21.6 Å². The monoisotopic (exact) mass is 216 g/mol. The number of nitriles is 1. The van der Waals surface area contributed by atoms with Gasteiger partial charge in [-0.2, -0.15) is 5.26 Å². The Balaban J connectivity index is 4.75. The first-order valence-electron chi connectivity index (χ1n) is 2.88. The number of halogens is 1. The van der Waals surface area contributed by atoms with Crippen molar-refractivity contribution in [3.63, 3.8) is 0 Å². The van der Waals surface area contributed by atoms with Gasteiger partial charge >= 0.3 is 0 Å². The van der Waals surface area contributed by atoms with Crippen molar-refractivity contribution in [3.8, 4) is 6.07 Å². The lowest BCUT2D eigenvalue weighted by atomic mass is 10.3. The summed E-state index contributed by atoms with van der Waals surface area (Å²) in [7, 11) is 1.59. The smallest absolute Gasteiger partial charge is 0.127 e. The third kappa shape index (κ3) is 2.70. The molecule has 0 saturated carbocycles. The molecular weight excluding hydrogens is 208 g/mol. The van der Waals surface area contributed by atoms with Crippen LogP contribution >= 0.6 is 15.9 Å². The fourth-order valence-electron chi connectivity index (χ4n) is 0.484. The van der Waals surface area contributed by atoms with Gasteiger partial charge in [-0.25, -0.2) is 0 Å². The number of nitrogens with zero attached hydrogens (tertiary/aromatic N) is 2. The van der Waals surface area contributed by atoms with Gasteiger partial charge in [0.15, 0.2) is 0 Å². The van der Waals surface area contributed by atoms with Crippen molar-refractivity contribution in [2.75, 3.05) is 13.6 Å². The number of allylic oxidation sites excluding steroid dienone is 1. The molecule has 60 valence electrons. The second-order valence-corrected chi connectivity index (χ2v) is 2.51. The van der Waals surface area contributed by atoms with E-state index in [0.29, 0.717) is 10.2 Å². The molecule has 4 N–H and O–H groups in total. The van der Waals surface area contributed by atoms with Crippen molar-refractivity contribution in [2.45, 2.75) is 0 Å². The first-order chi connectivity index (χ1) is 5.17. The number of nitrogens with two attached hydrogens (primary N) is 2. The average Bonchev–Trinajstić information content (AvgIpc) is 2.05. The molecule has 0 unspecified atom stereocenters. The molecule has 0 aliphatic rings. The number of hydrogen-bond acceptors (Lipinski definition) is 4. The summed E-state index contributed by atoms with van der Waals surface area (Å²) in [6, 6.07) is 1.79. The zero-order chi connectivity index (χ0) is 8.85. The van der Waals surface area contributed by atoms with Gasteiger partial charge in [-0.1, -0.05) is 0 Å². The van der Waals surface area contributed by atoms with Crippen LogP contribution in [0.1, 0.15) is 0 Å². The van der Waals surface area contributed by atoms with Crippen molar-refractivity contribution in [3.05, 3.63) is 10.2 Å². The molecule has 0 amide bonds. The molecule has 0 fully saturated rings.